The standard InChI is InChI=1S/C17H19N3O2/c1-13-4-2-11-20(12-13)16(21)14-5-7-15(8-6-14)22-17-18-9-3-10-19-17/h3,5-10,13H,2,4,11-12H2,1H3/t13-/m1/s1. The van der Waals surface area contributed by atoms with Crippen molar-refractivity contribution in [2.75, 3.05) is 13.1 Å². The molecule has 1 aromatic carbocycles. The summed E-state index contributed by atoms with van der Waals surface area (Å²) in [5, 5.41) is 0. The second-order valence-corrected chi connectivity index (χ2v) is 5.66. The third kappa shape index (κ3) is 3.42. The van der Waals surface area contributed by atoms with Crippen LogP contribution in [0.1, 0.15) is 30.1 Å². The van der Waals surface area contributed by atoms with Crippen LogP contribution in [0, 0.1) is 5.92 Å². The molecule has 0 unspecified atom stereocenters. The van der Waals surface area contributed by atoms with Gasteiger partial charge in [0.25, 0.3) is 5.91 Å². The Morgan fingerprint density at radius 1 is 1.23 bits per heavy atom. The lowest BCUT2D eigenvalue weighted by Crippen LogP contribution is -2.39. The number of carbonyl (C=O) groups excluding carboxylic acids is 1. The number of benzene rings is 1. The van der Waals surface area contributed by atoms with Gasteiger partial charge in [-0.05, 0) is 49.1 Å². The van der Waals surface area contributed by atoms with E-state index in [2.05, 4.69) is 16.9 Å². The molecule has 0 radical (unpaired) electrons. The highest BCUT2D eigenvalue weighted by molar-refractivity contribution is 5.94. The molecule has 0 aliphatic carbocycles. The number of nitrogens with zero attached hydrogens (tertiary/aromatic N) is 3. The van der Waals surface area contributed by atoms with Gasteiger partial charge in [-0.25, -0.2) is 9.97 Å². The van der Waals surface area contributed by atoms with Crippen molar-refractivity contribution in [1.29, 1.82) is 0 Å². The van der Waals surface area contributed by atoms with Crippen molar-refractivity contribution in [1.82, 2.24) is 14.9 Å². The molecule has 2 heterocycles. The first-order valence-corrected chi connectivity index (χ1v) is 7.56. The highest BCUT2D eigenvalue weighted by atomic mass is 16.5. The van der Waals surface area contributed by atoms with Crippen molar-refractivity contribution < 1.29 is 9.53 Å². The number of rotatable bonds is 3. The number of amides is 1. The van der Waals surface area contributed by atoms with Gasteiger partial charge in [-0.2, -0.15) is 0 Å². The van der Waals surface area contributed by atoms with Crippen LogP contribution in [0.25, 0.3) is 0 Å². The van der Waals surface area contributed by atoms with E-state index in [0.717, 1.165) is 19.5 Å². The maximum absolute atomic E-state index is 12.5. The smallest absolute Gasteiger partial charge is 0.321 e. The Morgan fingerprint density at radius 2 is 1.95 bits per heavy atom. The van der Waals surface area contributed by atoms with Crippen LogP contribution in [0.2, 0.25) is 0 Å². The maximum atomic E-state index is 12.5. The zero-order valence-corrected chi connectivity index (χ0v) is 12.6. The molecule has 1 saturated heterocycles. The summed E-state index contributed by atoms with van der Waals surface area (Å²) in [5.74, 6) is 1.29. The molecule has 1 aromatic heterocycles. The number of carbonyl (C=O) groups is 1. The van der Waals surface area contributed by atoms with Crippen molar-refractivity contribution in [2.24, 2.45) is 5.92 Å². The Morgan fingerprint density at radius 3 is 2.64 bits per heavy atom. The molecule has 22 heavy (non-hydrogen) atoms. The summed E-state index contributed by atoms with van der Waals surface area (Å²) >= 11 is 0. The topological polar surface area (TPSA) is 55.3 Å². The summed E-state index contributed by atoms with van der Waals surface area (Å²) in [5.41, 5.74) is 0.690. The first-order chi connectivity index (χ1) is 10.7. The van der Waals surface area contributed by atoms with E-state index >= 15 is 0 Å². The minimum atomic E-state index is 0.0917. The van der Waals surface area contributed by atoms with E-state index in [1.54, 1.807) is 42.7 Å². The molecule has 1 amide bonds. The van der Waals surface area contributed by atoms with Gasteiger partial charge in [-0.15, -0.1) is 0 Å². The second-order valence-electron chi connectivity index (χ2n) is 5.66. The molecule has 1 atom stereocenters. The first-order valence-electron chi connectivity index (χ1n) is 7.56. The largest absolute Gasteiger partial charge is 0.424 e. The van der Waals surface area contributed by atoms with E-state index < -0.39 is 0 Å². The van der Waals surface area contributed by atoms with Gasteiger partial charge in [-0.3, -0.25) is 4.79 Å². The van der Waals surface area contributed by atoms with Crippen molar-refractivity contribution in [3.8, 4) is 11.8 Å². The Labute approximate surface area is 130 Å². The lowest BCUT2D eigenvalue weighted by molar-refractivity contribution is 0.0683. The molecule has 3 rings (SSSR count). The molecular formula is C17H19N3O2. The minimum absolute atomic E-state index is 0.0917. The Bertz CT molecular complexity index is 628. The minimum Gasteiger partial charge on any atom is -0.424 e. The SMILES string of the molecule is C[C@@H]1CCCN(C(=O)c2ccc(Oc3ncccn3)cc2)C1. The quantitative estimate of drug-likeness (QED) is 0.873. The van der Waals surface area contributed by atoms with Crippen LogP contribution in [-0.4, -0.2) is 33.9 Å². The van der Waals surface area contributed by atoms with E-state index in [9.17, 15) is 4.79 Å². The highest BCUT2D eigenvalue weighted by Gasteiger charge is 2.21. The first kappa shape index (κ1) is 14.5. The van der Waals surface area contributed by atoms with E-state index in [0.29, 0.717) is 23.2 Å². The van der Waals surface area contributed by atoms with E-state index in [1.165, 1.54) is 6.42 Å². The Kier molecular flexibility index (Phi) is 4.32. The predicted molar refractivity (Wildman–Crippen MR) is 82.8 cm³/mol. The molecule has 0 spiro atoms. The average molecular weight is 297 g/mol. The number of likely N-dealkylation sites (tertiary alicyclic amines) is 1. The predicted octanol–water partition coefficient (Wildman–Crippen LogP) is 3.14. The molecule has 1 aliphatic rings. The molecule has 5 heteroatoms. The second kappa shape index (κ2) is 6.56. The molecule has 2 aromatic rings. The van der Waals surface area contributed by atoms with Gasteiger partial charge in [0.2, 0.25) is 0 Å². The fourth-order valence-electron chi connectivity index (χ4n) is 2.67. The zero-order valence-electron chi connectivity index (χ0n) is 12.6. The number of hydrogen-bond acceptors (Lipinski definition) is 4. The summed E-state index contributed by atoms with van der Waals surface area (Å²) in [6.07, 6.45) is 5.53. The molecular weight excluding hydrogens is 278 g/mol. The van der Waals surface area contributed by atoms with E-state index in [-0.39, 0.29) is 5.91 Å². The molecule has 5 nitrogen and oxygen atoms in total. The lowest BCUT2D eigenvalue weighted by Gasteiger charge is -2.31. The van der Waals surface area contributed by atoms with Crippen molar-refractivity contribution in [2.45, 2.75) is 19.8 Å². The highest BCUT2D eigenvalue weighted by Crippen LogP contribution is 2.21. The van der Waals surface area contributed by atoms with Crippen LogP contribution in [0.4, 0.5) is 0 Å². The number of hydrogen-bond donors (Lipinski definition) is 0. The maximum Gasteiger partial charge on any atom is 0.321 e. The van der Waals surface area contributed by atoms with Gasteiger partial charge in [-0.1, -0.05) is 6.92 Å². The van der Waals surface area contributed by atoms with E-state index in [4.69, 9.17) is 4.74 Å². The van der Waals surface area contributed by atoms with Crippen LogP contribution >= 0.6 is 0 Å². The summed E-state index contributed by atoms with van der Waals surface area (Å²) in [6, 6.07) is 9.16. The van der Waals surface area contributed by atoms with Crippen LogP contribution in [0.15, 0.2) is 42.7 Å². The summed E-state index contributed by atoms with van der Waals surface area (Å²) in [4.78, 5) is 22.4. The van der Waals surface area contributed by atoms with Crippen LogP contribution in [0.3, 0.4) is 0 Å². The van der Waals surface area contributed by atoms with Crippen LogP contribution in [-0.2, 0) is 0 Å². The van der Waals surface area contributed by atoms with Crippen LogP contribution < -0.4 is 4.74 Å². The third-order valence-electron chi connectivity index (χ3n) is 3.80. The molecule has 0 bridgehead atoms. The molecule has 0 N–H and O–H groups in total. The zero-order chi connectivity index (χ0) is 15.4. The summed E-state index contributed by atoms with van der Waals surface area (Å²) in [7, 11) is 0. The fraction of sp³-hybridized carbons (Fsp3) is 0.353. The summed E-state index contributed by atoms with van der Waals surface area (Å²) < 4.78 is 5.53. The van der Waals surface area contributed by atoms with Gasteiger partial charge >= 0.3 is 6.01 Å². The van der Waals surface area contributed by atoms with Gasteiger partial charge < -0.3 is 9.64 Å². The average Bonchev–Trinajstić information content (AvgIpc) is 2.56. The Balaban J connectivity index is 1.67. The van der Waals surface area contributed by atoms with Crippen molar-refractivity contribution in [3.63, 3.8) is 0 Å². The summed E-state index contributed by atoms with van der Waals surface area (Å²) in [6.45, 7) is 3.88. The third-order valence-corrected chi connectivity index (χ3v) is 3.80. The molecule has 114 valence electrons. The van der Waals surface area contributed by atoms with Gasteiger partial charge in [0.05, 0.1) is 0 Å². The Hall–Kier alpha value is -2.43. The van der Waals surface area contributed by atoms with Crippen LogP contribution in [0.5, 0.6) is 11.8 Å². The van der Waals surface area contributed by atoms with E-state index in [1.807, 2.05) is 4.90 Å². The molecule has 1 fully saturated rings. The fourth-order valence-corrected chi connectivity index (χ4v) is 2.67. The van der Waals surface area contributed by atoms with Crippen molar-refractivity contribution in [3.05, 3.63) is 48.3 Å². The number of aromatic nitrogens is 2. The monoisotopic (exact) mass is 297 g/mol. The van der Waals surface area contributed by atoms with Gasteiger partial charge in [0.1, 0.15) is 5.75 Å². The van der Waals surface area contributed by atoms with Gasteiger partial charge in [0.15, 0.2) is 0 Å². The molecule has 0 saturated carbocycles. The molecule has 1 aliphatic heterocycles. The number of piperidine rings is 1. The normalized spacial score (nSPS) is 18.0. The van der Waals surface area contributed by atoms with Gasteiger partial charge in [0, 0.05) is 31.0 Å². The lowest BCUT2D eigenvalue weighted by atomic mass is 9.99. The number of ether oxygens (including phenoxy) is 1. The van der Waals surface area contributed by atoms with Crippen molar-refractivity contribution >= 4 is 5.91 Å².